The predicted molar refractivity (Wildman–Crippen MR) is 123 cm³/mol. The summed E-state index contributed by atoms with van der Waals surface area (Å²) in [6, 6.07) is 3.22. The Hall–Kier alpha value is -3.03. The summed E-state index contributed by atoms with van der Waals surface area (Å²) in [5.41, 5.74) is -1.51. The lowest BCUT2D eigenvalue weighted by molar-refractivity contribution is -0.125. The highest BCUT2D eigenvalue weighted by Crippen LogP contribution is 2.42. The van der Waals surface area contributed by atoms with Crippen LogP contribution in [0.5, 0.6) is 0 Å². The molecule has 2 aromatic rings. The minimum absolute atomic E-state index is 0.208. The molecule has 176 valence electrons. The summed E-state index contributed by atoms with van der Waals surface area (Å²) < 4.78 is 36.1. The maximum atomic E-state index is 14.4. The number of benzene rings is 1. The lowest BCUT2D eigenvalue weighted by Crippen LogP contribution is -2.65. The van der Waals surface area contributed by atoms with Crippen LogP contribution in [0.2, 0.25) is 25.7 Å². The van der Waals surface area contributed by atoms with E-state index in [0.717, 1.165) is 24.2 Å². The summed E-state index contributed by atoms with van der Waals surface area (Å²) in [5, 5.41) is 4.28. The average molecular weight is 475 g/mol. The van der Waals surface area contributed by atoms with Crippen LogP contribution < -0.4 is 4.90 Å². The Kier molecular flexibility index (Phi) is 6.77. The number of terminal acetylenes is 1. The number of aromatic nitrogens is 2. The number of amides is 3. The number of urea groups is 1. The molecular formula is C23H28F2N4O3Si. The number of rotatable bonds is 7. The number of carbonyl (C=O) groups is 2. The maximum Gasteiger partial charge on any atom is 0.332 e. The van der Waals surface area contributed by atoms with Gasteiger partial charge in [-0.05, 0) is 25.1 Å². The standard InChI is InChI=1S/C23H28F2N4O3Si/c1-7-17-21(30)29(20-18(24)9-8-10-19(20)25)22(31)27(3)23(17,2)16-13-26-28(14-16)15-32-11-12-33(4,5)6/h1,8-10,13-14,17H,11-12,15H2,2-6H3. The van der Waals surface area contributed by atoms with Gasteiger partial charge in [0.15, 0.2) is 0 Å². The van der Waals surface area contributed by atoms with Crippen LogP contribution >= 0.6 is 0 Å². The molecule has 3 rings (SSSR count). The van der Waals surface area contributed by atoms with Gasteiger partial charge in [-0.15, -0.1) is 6.42 Å². The number of ether oxygens (including phenoxy) is 1. The summed E-state index contributed by atoms with van der Waals surface area (Å²) in [5.74, 6) is -1.74. The van der Waals surface area contributed by atoms with Gasteiger partial charge in [-0.3, -0.25) is 4.79 Å². The third-order valence-electron chi connectivity index (χ3n) is 5.97. The summed E-state index contributed by atoms with van der Waals surface area (Å²) in [4.78, 5) is 28.1. The quantitative estimate of drug-likeness (QED) is 0.345. The van der Waals surface area contributed by atoms with Gasteiger partial charge in [0.2, 0.25) is 0 Å². The van der Waals surface area contributed by atoms with E-state index in [0.29, 0.717) is 17.1 Å². The van der Waals surface area contributed by atoms with E-state index in [1.807, 2.05) is 0 Å². The van der Waals surface area contributed by atoms with Crippen molar-refractivity contribution in [3.05, 3.63) is 47.8 Å². The summed E-state index contributed by atoms with van der Waals surface area (Å²) >= 11 is 0. The highest BCUT2D eigenvalue weighted by molar-refractivity contribution is 6.76. The molecule has 2 heterocycles. The Morgan fingerprint density at radius 2 is 1.88 bits per heavy atom. The number of hydrogen-bond acceptors (Lipinski definition) is 4. The lowest BCUT2D eigenvalue weighted by Gasteiger charge is -2.48. The van der Waals surface area contributed by atoms with Crippen molar-refractivity contribution in [3.63, 3.8) is 0 Å². The van der Waals surface area contributed by atoms with Gasteiger partial charge < -0.3 is 9.64 Å². The molecule has 7 nitrogen and oxygen atoms in total. The molecule has 2 atom stereocenters. The van der Waals surface area contributed by atoms with Crippen molar-refractivity contribution >= 4 is 25.7 Å². The van der Waals surface area contributed by atoms with Crippen LogP contribution in [0.15, 0.2) is 30.6 Å². The van der Waals surface area contributed by atoms with E-state index >= 15 is 0 Å². The van der Waals surface area contributed by atoms with Crippen molar-refractivity contribution in [1.29, 1.82) is 0 Å². The van der Waals surface area contributed by atoms with Crippen LogP contribution in [0.4, 0.5) is 19.3 Å². The van der Waals surface area contributed by atoms with E-state index < -0.39 is 48.8 Å². The third-order valence-corrected chi connectivity index (χ3v) is 7.67. The van der Waals surface area contributed by atoms with Crippen LogP contribution in [0.1, 0.15) is 12.5 Å². The zero-order valence-electron chi connectivity index (χ0n) is 19.4. The average Bonchev–Trinajstić information content (AvgIpc) is 3.21. The first-order valence-electron chi connectivity index (χ1n) is 10.5. The lowest BCUT2D eigenvalue weighted by atomic mass is 9.77. The molecule has 1 saturated heterocycles. The Balaban J connectivity index is 1.90. The highest BCUT2D eigenvalue weighted by Gasteiger charge is 2.55. The van der Waals surface area contributed by atoms with E-state index in [-0.39, 0.29) is 6.73 Å². The minimum atomic E-state index is -1.28. The number of carbonyl (C=O) groups excluding carboxylic acids is 2. The normalized spacial score (nSPS) is 21.5. The first-order chi connectivity index (χ1) is 15.4. The van der Waals surface area contributed by atoms with E-state index in [1.54, 1.807) is 17.8 Å². The zero-order valence-corrected chi connectivity index (χ0v) is 20.4. The summed E-state index contributed by atoms with van der Waals surface area (Å²) in [6.07, 6.45) is 8.88. The largest absolute Gasteiger partial charge is 0.360 e. The fourth-order valence-corrected chi connectivity index (χ4v) is 4.50. The molecule has 3 amide bonds. The highest BCUT2D eigenvalue weighted by atomic mass is 28.3. The Bertz CT molecular complexity index is 1090. The monoisotopic (exact) mass is 474 g/mol. The van der Waals surface area contributed by atoms with Gasteiger partial charge in [-0.2, -0.15) is 5.10 Å². The van der Waals surface area contributed by atoms with Crippen LogP contribution in [0.25, 0.3) is 0 Å². The summed E-state index contributed by atoms with van der Waals surface area (Å²) in [6.45, 7) is 9.22. The van der Waals surface area contributed by atoms with Gasteiger partial charge in [-0.25, -0.2) is 23.2 Å². The van der Waals surface area contributed by atoms with Crippen molar-refractivity contribution in [2.45, 2.75) is 44.9 Å². The molecule has 1 aliphatic heterocycles. The van der Waals surface area contributed by atoms with Crippen molar-refractivity contribution in [3.8, 4) is 12.3 Å². The van der Waals surface area contributed by atoms with Crippen molar-refractivity contribution < 1.29 is 23.1 Å². The zero-order chi connectivity index (χ0) is 24.6. The van der Waals surface area contributed by atoms with Crippen molar-refractivity contribution in [2.24, 2.45) is 5.92 Å². The molecule has 0 bridgehead atoms. The Morgan fingerprint density at radius 3 is 2.45 bits per heavy atom. The van der Waals surface area contributed by atoms with E-state index in [2.05, 4.69) is 30.7 Å². The van der Waals surface area contributed by atoms with Crippen LogP contribution in [-0.4, -0.2) is 48.3 Å². The first kappa shape index (κ1) is 24.6. The first-order valence-corrected chi connectivity index (χ1v) is 14.2. The predicted octanol–water partition coefficient (Wildman–Crippen LogP) is 4.04. The number of para-hydroxylation sites is 1. The molecule has 0 aliphatic carbocycles. The number of halogens is 2. The van der Waals surface area contributed by atoms with Gasteiger partial charge in [0, 0.05) is 33.5 Å². The SMILES string of the molecule is C#CC1C(=O)N(c2c(F)cccc2F)C(=O)N(C)C1(C)c1cnn(COCC[Si](C)(C)C)c1. The molecule has 0 radical (unpaired) electrons. The van der Waals surface area contributed by atoms with E-state index in [1.165, 1.54) is 18.1 Å². The van der Waals surface area contributed by atoms with Gasteiger partial charge in [-0.1, -0.05) is 31.6 Å². The number of imide groups is 1. The second-order valence-corrected chi connectivity index (χ2v) is 15.1. The second-order valence-electron chi connectivity index (χ2n) is 9.45. The smallest absolute Gasteiger partial charge is 0.332 e. The van der Waals surface area contributed by atoms with Crippen LogP contribution in [0, 0.1) is 29.9 Å². The van der Waals surface area contributed by atoms with Gasteiger partial charge in [0.25, 0.3) is 5.91 Å². The molecule has 2 unspecified atom stereocenters. The third kappa shape index (κ3) is 4.56. The number of nitrogens with zero attached hydrogens (tertiary/aromatic N) is 4. The molecule has 10 heteroatoms. The molecule has 0 spiro atoms. The molecule has 0 N–H and O–H groups in total. The van der Waals surface area contributed by atoms with Crippen LogP contribution in [0.3, 0.4) is 0 Å². The molecule has 1 aliphatic rings. The fraction of sp³-hybridized carbons (Fsp3) is 0.435. The molecule has 1 fully saturated rings. The molecule has 0 saturated carbocycles. The Labute approximate surface area is 193 Å². The van der Waals surface area contributed by atoms with Crippen molar-refractivity contribution in [2.75, 3.05) is 18.6 Å². The second kappa shape index (κ2) is 9.07. The van der Waals surface area contributed by atoms with Gasteiger partial charge in [0.05, 0.1) is 11.7 Å². The molecule has 1 aromatic heterocycles. The number of anilines is 1. The van der Waals surface area contributed by atoms with E-state index in [9.17, 15) is 18.4 Å². The van der Waals surface area contributed by atoms with Crippen molar-refractivity contribution in [1.82, 2.24) is 14.7 Å². The molecule has 33 heavy (non-hydrogen) atoms. The fourth-order valence-electron chi connectivity index (χ4n) is 3.74. The topological polar surface area (TPSA) is 67.7 Å². The summed E-state index contributed by atoms with van der Waals surface area (Å²) in [7, 11) is 0.210. The van der Waals surface area contributed by atoms with Gasteiger partial charge in [0.1, 0.15) is 30.0 Å². The van der Waals surface area contributed by atoms with Gasteiger partial charge >= 0.3 is 6.03 Å². The molecular weight excluding hydrogens is 446 g/mol. The molecule has 1 aromatic carbocycles. The Morgan fingerprint density at radius 1 is 1.24 bits per heavy atom. The van der Waals surface area contributed by atoms with E-state index in [4.69, 9.17) is 11.2 Å². The number of hydrogen-bond donors (Lipinski definition) is 0. The maximum absolute atomic E-state index is 14.4. The minimum Gasteiger partial charge on any atom is -0.360 e. The van der Waals surface area contributed by atoms with Crippen LogP contribution in [-0.2, 0) is 21.8 Å².